The van der Waals surface area contributed by atoms with Gasteiger partial charge < -0.3 is 10.5 Å². The second-order valence-corrected chi connectivity index (χ2v) is 3.56. The molecule has 2 rings (SSSR count). The highest BCUT2D eigenvalue weighted by molar-refractivity contribution is 5.39. The topological polar surface area (TPSA) is 38.5 Å². The number of anilines is 1. The molecule has 1 aliphatic heterocycles. The van der Waals surface area contributed by atoms with Crippen LogP contribution >= 0.6 is 0 Å². The monoisotopic (exact) mass is 191 g/mol. The summed E-state index contributed by atoms with van der Waals surface area (Å²) in [6, 6.07) is 8.83. The fourth-order valence-electron chi connectivity index (χ4n) is 1.65. The summed E-state index contributed by atoms with van der Waals surface area (Å²) < 4.78 is 5.29. The number of hydrogen-bond acceptors (Lipinski definition) is 3. The van der Waals surface area contributed by atoms with E-state index in [0.29, 0.717) is 0 Å². The van der Waals surface area contributed by atoms with Crippen LogP contribution in [0.5, 0.6) is 0 Å². The Morgan fingerprint density at radius 2 is 2.14 bits per heavy atom. The van der Waals surface area contributed by atoms with Gasteiger partial charge in [0.25, 0.3) is 0 Å². The Bertz CT molecular complexity index is 295. The maximum Gasteiger partial charge on any atom is 0.0594 e. The van der Waals surface area contributed by atoms with Gasteiger partial charge in [-0.3, -0.25) is 4.90 Å². The van der Waals surface area contributed by atoms with Crippen LogP contribution in [0.4, 0.5) is 5.69 Å². The molecular weight excluding hydrogens is 176 g/mol. The summed E-state index contributed by atoms with van der Waals surface area (Å²) in [6.45, 7) is 4.65. The van der Waals surface area contributed by atoms with Gasteiger partial charge in [0.2, 0.25) is 0 Å². The van der Waals surface area contributed by atoms with Crippen molar-refractivity contribution >= 4 is 5.69 Å². The molecule has 0 amide bonds. The van der Waals surface area contributed by atoms with E-state index in [0.717, 1.165) is 38.5 Å². The Labute approximate surface area is 84.5 Å². The lowest BCUT2D eigenvalue weighted by Gasteiger charge is -2.26. The Morgan fingerprint density at radius 3 is 2.86 bits per heavy atom. The van der Waals surface area contributed by atoms with Gasteiger partial charge in [0.15, 0.2) is 0 Å². The second kappa shape index (κ2) is 4.44. The standard InChI is InChI=1S/C11H15N2O/c12-11-3-1-2-10(8-11)9-13-4-6-14-7-5-13/h2-3,8H,4-7,9,12H2. The lowest BCUT2D eigenvalue weighted by Crippen LogP contribution is -2.35. The normalized spacial score (nSPS) is 18.3. The van der Waals surface area contributed by atoms with Gasteiger partial charge in [0, 0.05) is 25.3 Å². The van der Waals surface area contributed by atoms with Crippen LogP contribution in [0.2, 0.25) is 0 Å². The van der Waals surface area contributed by atoms with Crippen LogP contribution in [0, 0.1) is 6.07 Å². The van der Waals surface area contributed by atoms with Crippen LogP contribution in [0.1, 0.15) is 5.56 Å². The van der Waals surface area contributed by atoms with E-state index in [9.17, 15) is 0 Å². The lowest BCUT2D eigenvalue weighted by atomic mass is 10.2. The molecule has 2 N–H and O–H groups in total. The van der Waals surface area contributed by atoms with Crippen LogP contribution in [-0.4, -0.2) is 31.2 Å². The number of nitrogens with two attached hydrogens (primary N) is 1. The molecule has 3 heteroatoms. The van der Waals surface area contributed by atoms with E-state index in [2.05, 4.69) is 11.0 Å². The number of nitrogens with zero attached hydrogens (tertiary/aromatic N) is 1. The van der Waals surface area contributed by atoms with Gasteiger partial charge >= 0.3 is 0 Å². The van der Waals surface area contributed by atoms with Gasteiger partial charge in [0.05, 0.1) is 13.2 Å². The first-order valence-corrected chi connectivity index (χ1v) is 4.90. The van der Waals surface area contributed by atoms with Crippen LogP contribution in [0.3, 0.4) is 0 Å². The zero-order chi connectivity index (χ0) is 9.80. The van der Waals surface area contributed by atoms with Crippen molar-refractivity contribution in [1.29, 1.82) is 0 Å². The van der Waals surface area contributed by atoms with Crippen LogP contribution in [-0.2, 0) is 11.3 Å². The zero-order valence-corrected chi connectivity index (χ0v) is 8.20. The Kier molecular flexibility index (Phi) is 3.01. The molecule has 1 heterocycles. The molecule has 0 saturated carbocycles. The van der Waals surface area contributed by atoms with Crippen molar-refractivity contribution < 1.29 is 4.74 Å². The highest BCUT2D eigenvalue weighted by Crippen LogP contribution is 2.10. The third-order valence-electron chi connectivity index (χ3n) is 2.38. The van der Waals surface area contributed by atoms with E-state index in [1.165, 1.54) is 5.56 Å². The van der Waals surface area contributed by atoms with Crippen molar-refractivity contribution in [3.05, 3.63) is 29.8 Å². The summed E-state index contributed by atoms with van der Waals surface area (Å²) in [4.78, 5) is 2.37. The molecule has 3 nitrogen and oxygen atoms in total. The largest absolute Gasteiger partial charge is 0.399 e. The predicted molar refractivity (Wildman–Crippen MR) is 55.8 cm³/mol. The van der Waals surface area contributed by atoms with Crippen molar-refractivity contribution in [3.8, 4) is 0 Å². The highest BCUT2D eigenvalue weighted by atomic mass is 16.5. The molecular formula is C11H15N2O. The number of benzene rings is 1. The second-order valence-electron chi connectivity index (χ2n) is 3.56. The fourth-order valence-corrected chi connectivity index (χ4v) is 1.65. The van der Waals surface area contributed by atoms with Gasteiger partial charge in [-0.05, 0) is 29.8 Å². The quantitative estimate of drug-likeness (QED) is 0.706. The molecule has 0 aliphatic carbocycles. The third-order valence-corrected chi connectivity index (χ3v) is 2.38. The number of hydrogen-bond donors (Lipinski definition) is 1. The van der Waals surface area contributed by atoms with E-state index < -0.39 is 0 Å². The lowest BCUT2D eigenvalue weighted by molar-refractivity contribution is 0.0342. The van der Waals surface area contributed by atoms with Gasteiger partial charge in [-0.25, -0.2) is 0 Å². The van der Waals surface area contributed by atoms with E-state index >= 15 is 0 Å². The Balaban J connectivity index is 1.95. The molecule has 0 spiro atoms. The number of rotatable bonds is 2. The number of morpholine rings is 1. The Morgan fingerprint density at radius 1 is 1.36 bits per heavy atom. The molecule has 0 atom stereocenters. The first kappa shape index (κ1) is 9.49. The molecule has 1 aliphatic rings. The molecule has 1 fully saturated rings. The number of ether oxygens (including phenoxy) is 1. The maximum absolute atomic E-state index is 5.69. The SMILES string of the molecule is Nc1c[c]cc(CN2CCOCC2)c1. The van der Waals surface area contributed by atoms with Crippen LogP contribution in [0.25, 0.3) is 0 Å². The summed E-state index contributed by atoms with van der Waals surface area (Å²) in [6.07, 6.45) is 0. The van der Waals surface area contributed by atoms with Crippen molar-refractivity contribution in [2.24, 2.45) is 0 Å². The minimum atomic E-state index is 0.788. The van der Waals surface area contributed by atoms with Crippen molar-refractivity contribution in [2.75, 3.05) is 32.0 Å². The first-order chi connectivity index (χ1) is 6.84. The molecule has 0 bridgehead atoms. The molecule has 1 saturated heterocycles. The maximum atomic E-state index is 5.69. The summed E-state index contributed by atoms with van der Waals surface area (Å²) in [5.74, 6) is 0. The average Bonchev–Trinajstić information content (AvgIpc) is 2.19. The first-order valence-electron chi connectivity index (χ1n) is 4.90. The van der Waals surface area contributed by atoms with Crippen molar-refractivity contribution in [1.82, 2.24) is 4.90 Å². The third kappa shape index (κ3) is 2.47. The molecule has 75 valence electrons. The minimum absolute atomic E-state index is 0.788. The molecule has 0 aromatic heterocycles. The zero-order valence-electron chi connectivity index (χ0n) is 8.20. The van der Waals surface area contributed by atoms with Crippen molar-refractivity contribution in [3.63, 3.8) is 0 Å². The Hall–Kier alpha value is -1.06. The summed E-state index contributed by atoms with van der Waals surface area (Å²) in [7, 11) is 0. The van der Waals surface area contributed by atoms with E-state index in [4.69, 9.17) is 10.5 Å². The molecule has 1 aromatic rings. The van der Waals surface area contributed by atoms with E-state index in [1.54, 1.807) is 6.07 Å². The molecule has 14 heavy (non-hydrogen) atoms. The molecule has 1 aromatic carbocycles. The van der Waals surface area contributed by atoms with Crippen LogP contribution in [0.15, 0.2) is 18.2 Å². The molecule has 1 radical (unpaired) electrons. The van der Waals surface area contributed by atoms with E-state index in [-0.39, 0.29) is 0 Å². The van der Waals surface area contributed by atoms with Gasteiger partial charge in [-0.2, -0.15) is 0 Å². The van der Waals surface area contributed by atoms with Crippen LogP contribution < -0.4 is 5.73 Å². The fraction of sp³-hybridized carbons (Fsp3) is 0.455. The van der Waals surface area contributed by atoms with Gasteiger partial charge in [0.1, 0.15) is 0 Å². The van der Waals surface area contributed by atoms with Crippen molar-refractivity contribution in [2.45, 2.75) is 6.54 Å². The van der Waals surface area contributed by atoms with E-state index in [1.807, 2.05) is 12.1 Å². The smallest absolute Gasteiger partial charge is 0.0594 e. The van der Waals surface area contributed by atoms with Gasteiger partial charge in [-0.15, -0.1) is 0 Å². The summed E-state index contributed by atoms with van der Waals surface area (Å²) in [5, 5.41) is 0. The highest BCUT2D eigenvalue weighted by Gasteiger charge is 2.10. The predicted octanol–water partition coefficient (Wildman–Crippen LogP) is 0.901. The minimum Gasteiger partial charge on any atom is -0.399 e. The number of nitrogen functional groups attached to an aromatic ring is 1. The summed E-state index contributed by atoms with van der Waals surface area (Å²) >= 11 is 0. The average molecular weight is 191 g/mol. The molecule has 0 unspecified atom stereocenters. The van der Waals surface area contributed by atoms with Gasteiger partial charge in [-0.1, -0.05) is 0 Å². The summed E-state index contributed by atoms with van der Waals surface area (Å²) in [5.41, 5.74) is 7.71.